The highest BCUT2D eigenvalue weighted by Crippen LogP contribution is 2.26. The van der Waals surface area contributed by atoms with Gasteiger partial charge in [-0.05, 0) is 30.9 Å². The summed E-state index contributed by atoms with van der Waals surface area (Å²) in [6.45, 7) is 0.384. The maximum atomic E-state index is 12.5. The normalized spacial score (nSPS) is 16.4. The average Bonchev–Trinajstić information content (AvgIpc) is 2.59. The van der Waals surface area contributed by atoms with Gasteiger partial charge in [-0.3, -0.25) is 4.79 Å². The van der Waals surface area contributed by atoms with Crippen molar-refractivity contribution in [2.75, 3.05) is 6.54 Å². The Balaban J connectivity index is 0.00000208. The summed E-state index contributed by atoms with van der Waals surface area (Å²) in [5.74, 6) is -0.00396. The van der Waals surface area contributed by atoms with Crippen molar-refractivity contribution in [3.8, 4) is 0 Å². The van der Waals surface area contributed by atoms with Gasteiger partial charge in [0.15, 0.2) is 0 Å². The number of nitrogens with two attached hydrogens (primary N) is 1. The number of fused-ring (bicyclic) bond motifs is 1. The molecule has 6 heteroatoms. The number of carbonyl (C=O) groups is 1. The van der Waals surface area contributed by atoms with Gasteiger partial charge in [-0.15, -0.1) is 12.4 Å². The van der Waals surface area contributed by atoms with Crippen molar-refractivity contribution in [1.29, 1.82) is 0 Å². The zero-order chi connectivity index (χ0) is 16.2. The molecule has 3 N–H and O–H groups in total. The monoisotopic (exact) mass is 350 g/mol. The van der Waals surface area contributed by atoms with Gasteiger partial charge in [0, 0.05) is 18.0 Å². The van der Waals surface area contributed by atoms with E-state index < -0.39 is 11.5 Å². The third kappa shape index (κ3) is 3.97. The van der Waals surface area contributed by atoms with Crippen molar-refractivity contribution in [3.05, 3.63) is 46.3 Å². The van der Waals surface area contributed by atoms with Crippen LogP contribution in [0.25, 0.3) is 11.0 Å². The minimum atomic E-state index is -0.611. The van der Waals surface area contributed by atoms with Crippen LogP contribution in [0.5, 0.6) is 0 Å². The van der Waals surface area contributed by atoms with E-state index >= 15 is 0 Å². The lowest BCUT2D eigenvalue weighted by Gasteiger charge is -2.29. The molecule has 130 valence electrons. The third-order valence-corrected chi connectivity index (χ3v) is 4.68. The molecule has 1 amide bonds. The fourth-order valence-corrected chi connectivity index (χ4v) is 3.37. The molecule has 1 heterocycles. The minimum absolute atomic E-state index is 0. The molecule has 24 heavy (non-hydrogen) atoms. The molecular formula is C18H23ClN2O3. The Morgan fingerprint density at radius 1 is 1.25 bits per heavy atom. The van der Waals surface area contributed by atoms with Crippen molar-refractivity contribution in [3.63, 3.8) is 0 Å². The lowest BCUT2D eigenvalue weighted by atomic mass is 9.84. The van der Waals surface area contributed by atoms with E-state index in [1.807, 2.05) is 12.1 Å². The predicted molar refractivity (Wildman–Crippen MR) is 96.6 cm³/mol. The lowest BCUT2D eigenvalue weighted by Crippen LogP contribution is -2.46. The molecule has 5 nitrogen and oxygen atoms in total. The summed E-state index contributed by atoms with van der Waals surface area (Å²) in [5, 5.41) is 3.67. The van der Waals surface area contributed by atoms with Crippen LogP contribution in [0, 0.1) is 5.92 Å². The quantitative estimate of drug-likeness (QED) is 0.830. The number of amides is 1. The van der Waals surface area contributed by atoms with Gasteiger partial charge in [-0.2, -0.15) is 0 Å². The van der Waals surface area contributed by atoms with Gasteiger partial charge in [0.25, 0.3) is 5.91 Å². The second-order valence-corrected chi connectivity index (χ2v) is 6.20. The molecule has 0 radical (unpaired) electrons. The second kappa shape index (κ2) is 8.31. The van der Waals surface area contributed by atoms with Gasteiger partial charge in [0.2, 0.25) is 0 Å². The van der Waals surface area contributed by atoms with Gasteiger partial charge >= 0.3 is 5.63 Å². The molecule has 1 aliphatic rings. The van der Waals surface area contributed by atoms with E-state index in [-0.39, 0.29) is 24.0 Å². The maximum Gasteiger partial charge on any atom is 0.349 e. The number of para-hydroxylation sites is 1. The van der Waals surface area contributed by atoms with Crippen LogP contribution in [0.4, 0.5) is 0 Å². The van der Waals surface area contributed by atoms with Crippen LogP contribution in [0.3, 0.4) is 0 Å². The summed E-state index contributed by atoms with van der Waals surface area (Å²) in [7, 11) is 0. The first-order valence-electron chi connectivity index (χ1n) is 8.23. The summed E-state index contributed by atoms with van der Waals surface area (Å²) >= 11 is 0. The van der Waals surface area contributed by atoms with Gasteiger partial charge in [-0.1, -0.05) is 37.5 Å². The fraction of sp³-hybridized carbons (Fsp3) is 0.444. The number of halogens is 1. The summed E-state index contributed by atoms with van der Waals surface area (Å²) in [6, 6.07) is 8.66. The first-order chi connectivity index (χ1) is 11.2. The van der Waals surface area contributed by atoms with E-state index in [1.54, 1.807) is 18.2 Å². The highest BCUT2D eigenvalue weighted by atomic mass is 35.5. The van der Waals surface area contributed by atoms with Gasteiger partial charge in [-0.25, -0.2) is 4.79 Å². The molecule has 1 unspecified atom stereocenters. The maximum absolute atomic E-state index is 12.5. The third-order valence-electron chi connectivity index (χ3n) is 4.68. The lowest BCUT2D eigenvalue weighted by molar-refractivity contribution is 0.0912. The van der Waals surface area contributed by atoms with Crippen molar-refractivity contribution >= 4 is 29.3 Å². The van der Waals surface area contributed by atoms with Gasteiger partial charge in [0.05, 0.1) is 0 Å². The number of nitrogens with one attached hydrogen (secondary N) is 1. The van der Waals surface area contributed by atoms with Crippen molar-refractivity contribution in [2.24, 2.45) is 11.7 Å². The topological polar surface area (TPSA) is 85.3 Å². The zero-order valence-corrected chi connectivity index (χ0v) is 14.3. The number of carbonyl (C=O) groups excluding carboxylic acids is 1. The first-order valence-corrected chi connectivity index (χ1v) is 8.23. The largest absolute Gasteiger partial charge is 0.422 e. The summed E-state index contributed by atoms with van der Waals surface area (Å²) < 4.78 is 5.23. The van der Waals surface area contributed by atoms with Crippen LogP contribution in [0.15, 0.2) is 39.5 Å². The number of rotatable bonds is 4. The van der Waals surface area contributed by atoms with Crippen LogP contribution in [-0.2, 0) is 0 Å². The number of hydrogen-bond donors (Lipinski definition) is 2. The first kappa shape index (κ1) is 18.5. The van der Waals surface area contributed by atoms with Gasteiger partial charge in [0.1, 0.15) is 11.1 Å². The van der Waals surface area contributed by atoms with E-state index in [0.29, 0.717) is 18.0 Å². The molecule has 1 fully saturated rings. The Morgan fingerprint density at radius 2 is 1.96 bits per heavy atom. The molecule has 1 aliphatic carbocycles. The Morgan fingerprint density at radius 3 is 2.67 bits per heavy atom. The van der Waals surface area contributed by atoms with Gasteiger partial charge < -0.3 is 15.5 Å². The van der Waals surface area contributed by atoms with Crippen LogP contribution in [-0.4, -0.2) is 18.5 Å². The highest BCUT2D eigenvalue weighted by molar-refractivity contribution is 5.96. The Kier molecular flexibility index (Phi) is 6.40. The summed E-state index contributed by atoms with van der Waals surface area (Å²) in [5.41, 5.74) is 5.75. The van der Waals surface area contributed by atoms with Crippen LogP contribution >= 0.6 is 12.4 Å². The standard InChI is InChI=1S/C18H22N2O3.ClH/c19-11-15(12-6-2-1-3-7-12)20-17(21)14-10-13-8-4-5-9-16(13)23-18(14)22;/h4-5,8-10,12,15H,1-3,6-7,11,19H2,(H,20,21);1H. The molecule has 1 aromatic heterocycles. The number of benzene rings is 1. The molecule has 1 saturated carbocycles. The summed E-state index contributed by atoms with van der Waals surface area (Å²) in [4.78, 5) is 24.6. The molecule has 0 bridgehead atoms. The van der Waals surface area contributed by atoms with Crippen LogP contribution in [0.1, 0.15) is 42.5 Å². The van der Waals surface area contributed by atoms with Crippen LogP contribution in [0.2, 0.25) is 0 Å². The highest BCUT2D eigenvalue weighted by Gasteiger charge is 2.25. The molecule has 0 saturated heterocycles. The Bertz CT molecular complexity index is 753. The fourth-order valence-electron chi connectivity index (χ4n) is 3.37. The zero-order valence-electron chi connectivity index (χ0n) is 13.5. The van der Waals surface area contributed by atoms with Crippen molar-refractivity contribution < 1.29 is 9.21 Å². The SMILES string of the molecule is Cl.NCC(NC(=O)c1cc2ccccc2oc1=O)C1CCCCC1. The van der Waals surface area contributed by atoms with E-state index in [9.17, 15) is 9.59 Å². The van der Waals surface area contributed by atoms with Crippen LogP contribution < -0.4 is 16.7 Å². The molecule has 1 atom stereocenters. The molecule has 1 aromatic carbocycles. The van der Waals surface area contributed by atoms with Crippen molar-refractivity contribution in [2.45, 2.75) is 38.1 Å². The summed E-state index contributed by atoms with van der Waals surface area (Å²) in [6.07, 6.45) is 5.75. The minimum Gasteiger partial charge on any atom is -0.422 e. The van der Waals surface area contributed by atoms with Crippen molar-refractivity contribution in [1.82, 2.24) is 5.32 Å². The van der Waals surface area contributed by atoms with E-state index in [2.05, 4.69) is 5.32 Å². The van der Waals surface area contributed by atoms with E-state index in [0.717, 1.165) is 18.2 Å². The Hall–Kier alpha value is -1.85. The molecule has 0 spiro atoms. The predicted octanol–water partition coefficient (Wildman–Crippen LogP) is 2.85. The van der Waals surface area contributed by atoms with E-state index in [1.165, 1.54) is 19.3 Å². The molecule has 0 aliphatic heterocycles. The number of hydrogen-bond acceptors (Lipinski definition) is 4. The molecule has 2 aromatic rings. The van der Waals surface area contributed by atoms with E-state index in [4.69, 9.17) is 10.2 Å². The average molecular weight is 351 g/mol. The molecule has 3 rings (SSSR count). The molecular weight excluding hydrogens is 328 g/mol. The second-order valence-electron chi connectivity index (χ2n) is 6.20. The Labute approximate surface area is 147 Å². The smallest absolute Gasteiger partial charge is 0.349 e.